The number of hydrogen-bond acceptors (Lipinski definition) is 5. The number of rotatable bonds is 13. The summed E-state index contributed by atoms with van der Waals surface area (Å²) in [6, 6.07) is -3.59. The van der Waals surface area contributed by atoms with E-state index in [-0.39, 0.29) is 17.8 Å². The second-order valence-electron chi connectivity index (χ2n) is 8.22. The molecule has 7 unspecified atom stereocenters. The van der Waals surface area contributed by atoms with Crippen molar-refractivity contribution in [2.45, 2.75) is 91.9 Å². The van der Waals surface area contributed by atoms with Crippen LogP contribution in [0.5, 0.6) is 0 Å². The first kappa shape index (κ1) is 27.8. The summed E-state index contributed by atoms with van der Waals surface area (Å²) >= 11 is 0. The van der Waals surface area contributed by atoms with Gasteiger partial charge < -0.3 is 26.8 Å². The second kappa shape index (κ2) is 13.2. The molecule has 7 atom stereocenters. The van der Waals surface area contributed by atoms with E-state index in [2.05, 4.69) is 16.0 Å². The number of nitrogens with one attached hydrogen (secondary N) is 3. The maximum atomic E-state index is 13.0. The second-order valence-corrected chi connectivity index (χ2v) is 8.22. The van der Waals surface area contributed by atoms with Gasteiger partial charge in [-0.15, -0.1) is 0 Å². The summed E-state index contributed by atoms with van der Waals surface area (Å²) in [5.74, 6) is -3.09. The Hall–Kier alpha value is -2.16. The van der Waals surface area contributed by atoms with Gasteiger partial charge in [0.15, 0.2) is 0 Å². The minimum atomic E-state index is -1.17. The van der Waals surface area contributed by atoms with E-state index < -0.39 is 47.9 Å². The number of hydrogen-bond donors (Lipinski definition) is 5. The summed E-state index contributed by atoms with van der Waals surface area (Å²) in [7, 11) is 0. The largest absolute Gasteiger partial charge is 0.480 e. The van der Waals surface area contributed by atoms with Gasteiger partial charge in [0.1, 0.15) is 18.1 Å². The van der Waals surface area contributed by atoms with Crippen LogP contribution in [0, 0.1) is 17.8 Å². The summed E-state index contributed by atoms with van der Waals surface area (Å²) in [5, 5.41) is 16.9. The first-order valence-corrected chi connectivity index (χ1v) is 10.8. The predicted octanol–water partition coefficient (Wildman–Crippen LogP) is 1.01. The molecule has 0 aromatic heterocycles. The molecule has 0 aliphatic heterocycles. The Morgan fingerprint density at radius 1 is 0.700 bits per heavy atom. The topological polar surface area (TPSA) is 151 Å². The molecule has 0 heterocycles. The molecule has 174 valence electrons. The number of aliphatic carboxylic acids is 1. The van der Waals surface area contributed by atoms with E-state index in [1.54, 1.807) is 6.92 Å². The summed E-state index contributed by atoms with van der Waals surface area (Å²) in [6.45, 7) is 12.6. The fourth-order valence-corrected chi connectivity index (χ4v) is 2.77. The Morgan fingerprint density at radius 2 is 1.07 bits per heavy atom. The van der Waals surface area contributed by atoms with Crippen LogP contribution in [0.3, 0.4) is 0 Å². The average molecular weight is 429 g/mol. The minimum absolute atomic E-state index is 0.0400. The van der Waals surface area contributed by atoms with Gasteiger partial charge in [0, 0.05) is 0 Å². The summed E-state index contributed by atoms with van der Waals surface area (Å²) < 4.78 is 0. The van der Waals surface area contributed by atoms with Gasteiger partial charge in [-0.1, -0.05) is 60.8 Å². The standard InChI is InChI=1S/C21H40N4O5/c1-8-11(4)15(22)18(26)24-17(13(6)10-3)20(28)25-16(12(5)9-2)19(27)23-14(7)21(29)30/h11-17H,8-10,22H2,1-7H3,(H,23,27)(H,24,26)(H,25,28)(H,29,30). The lowest BCUT2D eigenvalue weighted by Crippen LogP contribution is -2.60. The van der Waals surface area contributed by atoms with Crippen LogP contribution in [0.25, 0.3) is 0 Å². The van der Waals surface area contributed by atoms with Gasteiger partial charge in [-0.05, 0) is 24.7 Å². The molecule has 0 aromatic carbocycles. The van der Waals surface area contributed by atoms with Crippen molar-refractivity contribution in [3.63, 3.8) is 0 Å². The van der Waals surface area contributed by atoms with Gasteiger partial charge >= 0.3 is 5.97 Å². The molecule has 0 aliphatic rings. The van der Waals surface area contributed by atoms with Crippen LogP contribution in [-0.2, 0) is 19.2 Å². The van der Waals surface area contributed by atoms with E-state index >= 15 is 0 Å². The number of nitrogens with two attached hydrogens (primary N) is 1. The Morgan fingerprint density at radius 3 is 1.43 bits per heavy atom. The van der Waals surface area contributed by atoms with E-state index in [0.717, 1.165) is 6.42 Å². The molecular formula is C21H40N4O5. The van der Waals surface area contributed by atoms with E-state index in [9.17, 15) is 19.2 Å². The van der Waals surface area contributed by atoms with Crippen LogP contribution in [0.4, 0.5) is 0 Å². The molecule has 9 heteroatoms. The monoisotopic (exact) mass is 428 g/mol. The highest BCUT2D eigenvalue weighted by atomic mass is 16.4. The smallest absolute Gasteiger partial charge is 0.325 e. The maximum Gasteiger partial charge on any atom is 0.325 e. The van der Waals surface area contributed by atoms with Crippen LogP contribution in [0.1, 0.15) is 67.7 Å². The van der Waals surface area contributed by atoms with Crippen LogP contribution in [-0.4, -0.2) is 53.0 Å². The first-order chi connectivity index (χ1) is 13.9. The third-order valence-electron chi connectivity index (χ3n) is 5.88. The van der Waals surface area contributed by atoms with Crippen LogP contribution in [0.2, 0.25) is 0 Å². The predicted molar refractivity (Wildman–Crippen MR) is 115 cm³/mol. The highest BCUT2D eigenvalue weighted by Gasteiger charge is 2.34. The third-order valence-corrected chi connectivity index (χ3v) is 5.88. The van der Waals surface area contributed by atoms with Crippen LogP contribution >= 0.6 is 0 Å². The molecule has 30 heavy (non-hydrogen) atoms. The van der Waals surface area contributed by atoms with Crippen molar-refractivity contribution >= 4 is 23.7 Å². The van der Waals surface area contributed by atoms with Crippen molar-refractivity contribution in [3.05, 3.63) is 0 Å². The van der Waals surface area contributed by atoms with Gasteiger partial charge in [0.25, 0.3) is 0 Å². The highest BCUT2D eigenvalue weighted by Crippen LogP contribution is 2.13. The molecule has 0 radical (unpaired) electrons. The number of carbonyl (C=O) groups excluding carboxylic acids is 3. The summed E-state index contributed by atoms with van der Waals surface area (Å²) in [4.78, 5) is 49.3. The summed E-state index contributed by atoms with van der Waals surface area (Å²) in [6.07, 6.45) is 1.96. The molecule has 0 bridgehead atoms. The third kappa shape index (κ3) is 8.30. The zero-order chi connectivity index (χ0) is 23.6. The zero-order valence-electron chi connectivity index (χ0n) is 19.3. The van der Waals surface area contributed by atoms with Gasteiger partial charge in [-0.3, -0.25) is 19.2 Å². The van der Waals surface area contributed by atoms with Gasteiger partial charge in [0.2, 0.25) is 17.7 Å². The van der Waals surface area contributed by atoms with Crippen molar-refractivity contribution in [3.8, 4) is 0 Å². The Labute approximate surface area is 179 Å². The first-order valence-electron chi connectivity index (χ1n) is 10.8. The van der Waals surface area contributed by atoms with Gasteiger partial charge in [-0.25, -0.2) is 0 Å². The average Bonchev–Trinajstić information content (AvgIpc) is 2.72. The zero-order valence-corrected chi connectivity index (χ0v) is 19.3. The lowest BCUT2D eigenvalue weighted by atomic mass is 9.93. The highest BCUT2D eigenvalue weighted by molar-refractivity contribution is 5.94. The van der Waals surface area contributed by atoms with Crippen molar-refractivity contribution < 1.29 is 24.3 Å². The van der Waals surface area contributed by atoms with E-state index in [4.69, 9.17) is 10.8 Å². The molecule has 0 spiro atoms. The molecule has 0 fully saturated rings. The van der Waals surface area contributed by atoms with Crippen molar-refractivity contribution in [2.75, 3.05) is 0 Å². The van der Waals surface area contributed by atoms with E-state index in [0.29, 0.717) is 12.8 Å². The molecule has 0 saturated carbocycles. The molecule has 9 nitrogen and oxygen atoms in total. The molecular weight excluding hydrogens is 388 g/mol. The quantitative estimate of drug-likeness (QED) is 0.295. The lowest BCUT2D eigenvalue weighted by Gasteiger charge is -2.30. The normalized spacial score (nSPS) is 18.1. The van der Waals surface area contributed by atoms with E-state index in [1.165, 1.54) is 6.92 Å². The minimum Gasteiger partial charge on any atom is -0.480 e. The number of amides is 3. The van der Waals surface area contributed by atoms with Crippen LogP contribution < -0.4 is 21.7 Å². The Bertz CT molecular complexity index is 598. The van der Waals surface area contributed by atoms with Crippen LogP contribution in [0.15, 0.2) is 0 Å². The van der Waals surface area contributed by atoms with Crippen molar-refractivity contribution in [1.29, 1.82) is 0 Å². The summed E-state index contributed by atoms with van der Waals surface area (Å²) in [5.41, 5.74) is 6.00. The SMILES string of the molecule is CCC(C)C(N)C(=O)NC(C(=O)NC(C(=O)NC(C)C(=O)O)C(C)CC)C(C)CC. The van der Waals surface area contributed by atoms with Gasteiger partial charge in [0.05, 0.1) is 6.04 Å². The number of carboxylic acids is 1. The molecule has 6 N–H and O–H groups in total. The fraction of sp³-hybridized carbons (Fsp3) is 0.810. The number of carbonyl (C=O) groups is 4. The number of carboxylic acid groups (broad SMARTS) is 1. The van der Waals surface area contributed by atoms with E-state index in [1.807, 2.05) is 34.6 Å². The molecule has 3 amide bonds. The molecule has 0 rings (SSSR count). The molecule has 0 aliphatic carbocycles. The molecule has 0 saturated heterocycles. The van der Waals surface area contributed by atoms with Crippen molar-refractivity contribution in [1.82, 2.24) is 16.0 Å². The Kier molecular flexibility index (Phi) is 12.3. The van der Waals surface area contributed by atoms with Gasteiger partial charge in [-0.2, -0.15) is 0 Å². The maximum absolute atomic E-state index is 13.0. The van der Waals surface area contributed by atoms with Crippen molar-refractivity contribution in [2.24, 2.45) is 23.5 Å². The fourth-order valence-electron chi connectivity index (χ4n) is 2.77. The molecule has 0 aromatic rings. The Balaban J connectivity index is 5.50. The lowest BCUT2D eigenvalue weighted by molar-refractivity contribution is -0.142.